The van der Waals surface area contributed by atoms with Gasteiger partial charge in [-0.2, -0.15) is 10.2 Å². The van der Waals surface area contributed by atoms with Gasteiger partial charge in [-0.15, -0.1) is 0 Å². The number of nitrogens with zero attached hydrogens (tertiary/aromatic N) is 3. The average molecular weight is 533 g/mol. The van der Waals surface area contributed by atoms with E-state index in [1.165, 1.54) is 24.6 Å². The van der Waals surface area contributed by atoms with E-state index in [1.54, 1.807) is 16.9 Å². The molecule has 1 N–H and O–H groups in total. The second-order valence-electron chi connectivity index (χ2n) is 7.83. The third kappa shape index (κ3) is 5.25. The zero-order chi connectivity index (χ0) is 25.8. The molecule has 2 heterocycles. The largest absolute Gasteiger partial charge is 0.483 e. The van der Waals surface area contributed by atoms with Crippen LogP contribution in [0, 0.1) is 0 Å². The highest BCUT2D eigenvalue weighted by atomic mass is 35.5. The summed E-state index contributed by atoms with van der Waals surface area (Å²) >= 11 is 12.1. The Kier molecular flexibility index (Phi) is 7.02. The Morgan fingerprint density at radius 3 is 2.70 bits per heavy atom. The van der Waals surface area contributed by atoms with E-state index in [2.05, 4.69) is 15.6 Å². The molecule has 10 heteroatoms. The van der Waals surface area contributed by atoms with Crippen molar-refractivity contribution in [1.29, 1.82) is 0 Å². The summed E-state index contributed by atoms with van der Waals surface area (Å²) < 4.78 is 13.0. The Bertz CT molecular complexity index is 1680. The summed E-state index contributed by atoms with van der Waals surface area (Å²) in [6, 6.07) is 21.9. The lowest BCUT2D eigenvalue weighted by Crippen LogP contribution is -2.25. The van der Waals surface area contributed by atoms with E-state index in [9.17, 15) is 9.59 Å². The molecule has 2 aromatic heterocycles. The van der Waals surface area contributed by atoms with E-state index in [4.69, 9.17) is 32.4 Å². The lowest BCUT2D eigenvalue weighted by molar-refractivity contribution is -0.123. The monoisotopic (exact) mass is 532 g/mol. The number of hydrogen-bond acceptors (Lipinski definition) is 6. The molecule has 184 valence electrons. The summed E-state index contributed by atoms with van der Waals surface area (Å²) in [6.45, 7) is -0.300. The van der Waals surface area contributed by atoms with Crippen LogP contribution >= 0.6 is 23.2 Å². The summed E-state index contributed by atoms with van der Waals surface area (Å²) in [5.41, 5.74) is 4.77. The summed E-state index contributed by atoms with van der Waals surface area (Å²) in [5.74, 6) is -0.0119. The van der Waals surface area contributed by atoms with Gasteiger partial charge >= 0.3 is 0 Å². The summed E-state index contributed by atoms with van der Waals surface area (Å²) in [5, 5.41) is 9.00. The van der Waals surface area contributed by atoms with Crippen LogP contribution in [0.3, 0.4) is 0 Å². The zero-order valence-electron chi connectivity index (χ0n) is 19.1. The van der Waals surface area contributed by atoms with Crippen LogP contribution in [-0.4, -0.2) is 28.5 Å². The van der Waals surface area contributed by atoms with Gasteiger partial charge in [-0.05, 0) is 42.5 Å². The van der Waals surface area contributed by atoms with Crippen molar-refractivity contribution in [3.8, 4) is 22.7 Å². The zero-order valence-corrected chi connectivity index (χ0v) is 20.6. The van der Waals surface area contributed by atoms with Crippen molar-refractivity contribution in [3.05, 3.63) is 111 Å². The number of benzene rings is 3. The summed E-state index contributed by atoms with van der Waals surface area (Å²) in [7, 11) is 0. The molecule has 3 aromatic carbocycles. The minimum atomic E-state index is -0.515. The van der Waals surface area contributed by atoms with Crippen molar-refractivity contribution in [3.63, 3.8) is 0 Å². The number of carbonyl (C=O) groups excluding carboxylic acids is 1. The molecule has 0 radical (unpaired) electrons. The highest BCUT2D eigenvalue weighted by Gasteiger charge is 2.14. The van der Waals surface area contributed by atoms with E-state index in [0.29, 0.717) is 10.8 Å². The smallest absolute Gasteiger partial charge is 0.277 e. The topological polar surface area (TPSA) is 98.7 Å². The van der Waals surface area contributed by atoms with Crippen LogP contribution in [0.2, 0.25) is 10.0 Å². The predicted molar refractivity (Wildman–Crippen MR) is 143 cm³/mol. The van der Waals surface area contributed by atoms with Crippen molar-refractivity contribution in [1.82, 2.24) is 15.2 Å². The SMILES string of the molecule is O=C(COc1ccccc1-c1ccnn1-c1ccccc1)N/N=C/c1coc2c(Cl)cc(Cl)cc2c1=O. The third-order valence-corrected chi connectivity index (χ3v) is 5.88. The van der Waals surface area contributed by atoms with Crippen molar-refractivity contribution in [2.24, 2.45) is 5.10 Å². The fourth-order valence-electron chi connectivity index (χ4n) is 3.71. The van der Waals surface area contributed by atoms with E-state index < -0.39 is 5.91 Å². The number of hydrazone groups is 1. The molecule has 0 atom stereocenters. The normalized spacial score (nSPS) is 11.2. The minimum Gasteiger partial charge on any atom is -0.483 e. The Labute approximate surface area is 220 Å². The Balaban J connectivity index is 1.28. The van der Waals surface area contributed by atoms with Gasteiger partial charge < -0.3 is 9.15 Å². The fraction of sp³-hybridized carbons (Fsp3) is 0.0370. The molecule has 8 nitrogen and oxygen atoms in total. The molecule has 5 rings (SSSR count). The van der Waals surface area contributed by atoms with Crippen LogP contribution in [0.5, 0.6) is 5.75 Å². The first kappa shape index (κ1) is 24.3. The standard InChI is InChI=1S/C27H18Cl2N4O4/c28-18-12-21-26(35)17(15-37-27(21)22(29)13-18)14-30-32-25(34)16-36-24-9-5-4-8-20(24)23-10-11-31-33(23)19-6-2-1-3-7-19/h1-15H,16H2,(H,32,34)/b30-14+. The molecular formula is C27H18Cl2N4O4. The maximum atomic E-state index is 12.7. The number of carbonyl (C=O) groups is 1. The van der Waals surface area contributed by atoms with Gasteiger partial charge in [0, 0.05) is 10.6 Å². The number of fused-ring (bicyclic) bond motifs is 1. The molecule has 0 spiro atoms. The summed E-state index contributed by atoms with van der Waals surface area (Å²) in [4.78, 5) is 25.1. The first-order chi connectivity index (χ1) is 18.0. The Hall–Kier alpha value is -4.40. The second-order valence-corrected chi connectivity index (χ2v) is 8.67. The molecule has 37 heavy (non-hydrogen) atoms. The molecule has 0 fully saturated rings. The van der Waals surface area contributed by atoms with Crippen LogP contribution in [0.15, 0.2) is 99.6 Å². The molecule has 0 saturated carbocycles. The molecule has 5 aromatic rings. The maximum absolute atomic E-state index is 12.7. The first-order valence-corrected chi connectivity index (χ1v) is 11.8. The molecular weight excluding hydrogens is 515 g/mol. The van der Waals surface area contributed by atoms with Crippen molar-refractivity contribution in [2.45, 2.75) is 0 Å². The van der Waals surface area contributed by atoms with Gasteiger partial charge in [0.2, 0.25) is 5.43 Å². The maximum Gasteiger partial charge on any atom is 0.277 e. The Morgan fingerprint density at radius 2 is 1.86 bits per heavy atom. The number of ether oxygens (including phenoxy) is 1. The molecule has 1 amide bonds. The number of rotatable bonds is 7. The average Bonchev–Trinajstić information content (AvgIpc) is 3.40. The highest BCUT2D eigenvalue weighted by Crippen LogP contribution is 2.31. The molecule has 0 saturated heterocycles. The van der Waals surface area contributed by atoms with E-state index >= 15 is 0 Å². The van der Waals surface area contributed by atoms with Crippen LogP contribution < -0.4 is 15.6 Å². The van der Waals surface area contributed by atoms with Gasteiger partial charge in [-0.3, -0.25) is 9.59 Å². The van der Waals surface area contributed by atoms with Crippen molar-refractivity contribution < 1.29 is 13.9 Å². The van der Waals surface area contributed by atoms with E-state index in [1.807, 2.05) is 54.6 Å². The van der Waals surface area contributed by atoms with Crippen LogP contribution in [0.1, 0.15) is 5.56 Å². The van der Waals surface area contributed by atoms with Crippen molar-refractivity contribution in [2.75, 3.05) is 6.61 Å². The van der Waals surface area contributed by atoms with Gasteiger partial charge in [-0.1, -0.05) is 53.5 Å². The summed E-state index contributed by atoms with van der Waals surface area (Å²) in [6.07, 6.45) is 4.10. The predicted octanol–water partition coefficient (Wildman–Crippen LogP) is 5.48. The quantitative estimate of drug-likeness (QED) is 0.221. The van der Waals surface area contributed by atoms with Crippen LogP contribution in [-0.2, 0) is 4.79 Å². The van der Waals surface area contributed by atoms with Gasteiger partial charge in [0.25, 0.3) is 5.91 Å². The van der Waals surface area contributed by atoms with Crippen LogP contribution in [0.25, 0.3) is 27.9 Å². The van der Waals surface area contributed by atoms with Crippen molar-refractivity contribution >= 4 is 46.3 Å². The van der Waals surface area contributed by atoms with Gasteiger partial charge in [0.15, 0.2) is 12.2 Å². The number of hydrogen-bond donors (Lipinski definition) is 1. The van der Waals surface area contributed by atoms with Gasteiger partial charge in [0.05, 0.1) is 39.8 Å². The lowest BCUT2D eigenvalue weighted by Gasteiger charge is -2.12. The number of aromatic nitrogens is 2. The fourth-order valence-corrected chi connectivity index (χ4v) is 4.24. The number of nitrogens with one attached hydrogen (secondary N) is 1. The minimum absolute atomic E-state index is 0.117. The molecule has 0 aliphatic carbocycles. The first-order valence-electron chi connectivity index (χ1n) is 11.1. The molecule has 0 aliphatic rings. The van der Waals surface area contributed by atoms with Crippen LogP contribution in [0.4, 0.5) is 0 Å². The molecule has 0 aliphatic heterocycles. The second kappa shape index (κ2) is 10.7. The number of amides is 1. The molecule has 0 bridgehead atoms. The van der Waals surface area contributed by atoms with E-state index in [-0.39, 0.29) is 33.6 Å². The van der Waals surface area contributed by atoms with E-state index in [0.717, 1.165) is 16.9 Å². The third-order valence-electron chi connectivity index (χ3n) is 5.38. The highest BCUT2D eigenvalue weighted by molar-refractivity contribution is 6.38. The number of para-hydroxylation sites is 2. The van der Waals surface area contributed by atoms with Gasteiger partial charge in [0.1, 0.15) is 12.0 Å². The number of halogens is 2. The Morgan fingerprint density at radius 1 is 1.08 bits per heavy atom. The lowest BCUT2D eigenvalue weighted by atomic mass is 10.1. The van der Waals surface area contributed by atoms with Gasteiger partial charge in [-0.25, -0.2) is 10.1 Å². The molecule has 0 unspecified atom stereocenters.